The monoisotopic (exact) mass is 207 g/mol. The van der Waals surface area contributed by atoms with Crippen LogP contribution in [-0.4, -0.2) is 0 Å². The van der Waals surface area contributed by atoms with E-state index >= 15 is 0 Å². The summed E-state index contributed by atoms with van der Waals surface area (Å²) in [5.41, 5.74) is 0.112. The van der Waals surface area contributed by atoms with E-state index in [4.69, 9.17) is 0 Å². The first kappa shape index (κ1) is 9.77. The quantitative estimate of drug-likeness (QED) is 0.670. The molecule has 1 radical (unpaired) electrons. The molecule has 2 aromatic rings. The SMILES string of the molecule is Fc1ccc(-c2ccc[c]c2F)c(F)c1. The Balaban J connectivity index is 2.60. The van der Waals surface area contributed by atoms with Gasteiger partial charge in [-0.3, -0.25) is 0 Å². The van der Waals surface area contributed by atoms with Gasteiger partial charge in [0.2, 0.25) is 0 Å². The van der Waals surface area contributed by atoms with Crippen LogP contribution in [0.15, 0.2) is 36.4 Å². The Morgan fingerprint density at radius 3 is 2.40 bits per heavy atom. The van der Waals surface area contributed by atoms with E-state index < -0.39 is 17.5 Å². The van der Waals surface area contributed by atoms with Crippen molar-refractivity contribution in [3.63, 3.8) is 0 Å². The highest BCUT2D eigenvalue weighted by atomic mass is 19.1. The highest BCUT2D eigenvalue weighted by Crippen LogP contribution is 2.25. The molecule has 0 amide bonds. The second kappa shape index (κ2) is 3.77. The maximum atomic E-state index is 13.3. The summed E-state index contributed by atoms with van der Waals surface area (Å²) in [5.74, 6) is -2.12. The van der Waals surface area contributed by atoms with Crippen LogP contribution in [0.1, 0.15) is 0 Å². The molecule has 0 bridgehead atoms. The minimum Gasteiger partial charge on any atom is -0.207 e. The lowest BCUT2D eigenvalue weighted by atomic mass is 10.0. The van der Waals surface area contributed by atoms with Gasteiger partial charge >= 0.3 is 0 Å². The second-order valence-corrected chi connectivity index (χ2v) is 3.02. The van der Waals surface area contributed by atoms with Gasteiger partial charge in [0.05, 0.1) is 0 Å². The van der Waals surface area contributed by atoms with E-state index in [-0.39, 0.29) is 11.1 Å². The Morgan fingerprint density at radius 2 is 1.73 bits per heavy atom. The molecule has 0 aromatic heterocycles. The first-order valence-corrected chi connectivity index (χ1v) is 4.30. The van der Waals surface area contributed by atoms with Crippen LogP contribution in [-0.2, 0) is 0 Å². The molecule has 0 saturated heterocycles. The summed E-state index contributed by atoms with van der Waals surface area (Å²) in [6.07, 6.45) is 0. The molecule has 0 N–H and O–H groups in total. The van der Waals surface area contributed by atoms with E-state index in [2.05, 4.69) is 6.07 Å². The van der Waals surface area contributed by atoms with Gasteiger partial charge < -0.3 is 0 Å². The van der Waals surface area contributed by atoms with Crippen molar-refractivity contribution in [2.45, 2.75) is 0 Å². The van der Waals surface area contributed by atoms with Crippen LogP contribution in [0.25, 0.3) is 11.1 Å². The Morgan fingerprint density at radius 1 is 0.933 bits per heavy atom. The molecule has 15 heavy (non-hydrogen) atoms. The first-order chi connectivity index (χ1) is 7.18. The molecule has 0 unspecified atom stereocenters. The first-order valence-electron chi connectivity index (χ1n) is 4.30. The lowest BCUT2D eigenvalue weighted by molar-refractivity contribution is 0.582. The molecule has 0 fully saturated rings. The highest BCUT2D eigenvalue weighted by Gasteiger charge is 2.09. The number of rotatable bonds is 1. The van der Waals surface area contributed by atoms with Crippen molar-refractivity contribution in [2.24, 2.45) is 0 Å². The minimum atomic E-state index is -0.784. The van der Waals surface area contributed by atoms with Crippen LogP contribution in [0.2, 0.25) is 0 Å². The number of halogens is 3. The fourth-order valence-corrected chi connectivity index (χ4v) is 1.33. The summed E-state index contributed by atoms with van der Waals surface area (Å²) in [5, 5.41) is 0. The molecule has 75 valence electrons. The van der Waals surface area contributed by atoms with Gasteiger partial charge in [0, 0.05) is 23.3 Å². The average molecular weight is 207 g/mol. The average Bonchev–Trinajstić information content (AvgIpc) is 2.20. The van der Waals surface area contributed by atoms with Gasteiger partial charge in [-0.1, -0.05) is 18.2 Å². The summed E-state index contributed by atoms with van der Waals surface area (Å²) in [6.45, 7) is 0. The predicted octanol–water partition coefficient (Wildman–Crippen LogP) is 3.57. The molecule has 0 aliphatic carbocycles. The zero-order chi connectivity index (χ0) is 10.8. The molecular weight excluding hydrogens is 201 g/mol. The van der Waals surface area contributed by atoms with Crippen LogP contribution < -0.4 is 0 Å². The van der Waals surface area contributed by atoms with Crippen LogP contribution in [0.3, 0.4) is 0 Å². The molecule has 3 heteroatoms. The van der Waals surface area contributed by atoms with Gasteiger partial charge in [-0.15, -0.1) is 0 Å². The third kappa shape index (κ3) is 1.86. The Hall–Kier alpha value is -1.77. The van der Waals surface area contributed by atoms with Crippen molar-refractivity contribution >= 4 is 0 Å². The van der Waals surface area contributed by atoms with Crippen LogP contribution in [0.5, 0.6) is 0 Å². The summed E-state index contributed by atoms with van der Waals surface area (Å²) >= 11 is 0. The van der Waals surface area contributed by atoms with E-state index in [1.165, 1.54) is 18.2 Å². The maximum absolute atomic E-state index is 13.3. The summed E-state index contributed by atoms with van der Waals surface area (Å²) < 4.78 is 39.2. The number of hydrogen-bond donors (Lipinski definition) is 0. The van der Waals surface area contributed by atoms with Crippen molar-refractivity contribution in [1.29, 1.82) is 0 Å². The molecule has 0 heterocycles. The number of hydrogen-bond acceptors (Lipinski definition) is 0. The second-order valence-electron chi connectivity index (χ2n) is 3.02. The standard InChI is InChI=1S/C12H6F3/c13-8-5-6-10(12(15)7-8)9-3-1-2-4-11(9)14/h1-3,5-7H. The zero-order valence-corrected chi connectivity index (χ0v) is 7.60. The third-order valence-electron chi connectivity index (χ3n) is 2.03. The molecule has 2 rings (SSSR count). The van der Waals surface area contributed by atoms with Gasteiger partial charge in [0.25, 0.3) is 0 Å². The molecule has 0 spiro atoms. The van der Waals surface area contributed by atoms with E-state index in [9.17, 15) is 13.2 Å². The lowest BCUT2D eigenvalue weighted by Crippen LogP contribution is -1.89. The summed E-state index contributed by atoms with van der Waals surface area (Å²) in [4.78, 5) is 0. The Bertz CT molecular complexity index is 492. The summed E-state index contributed by atoms with van der Waals surface area (Å²) in [7, 11) is 0. The number of benzene rings is 2. The van der Waals surface area contributed by atoms with E-state index in [1.807, 2.05) is 0 Å². The Labute approximate surface area is 85.0 Å². The molecule has 2 aromatic carbocycles. The molecular formula is C12H6F3. The van der Waals surface area contributed by atoms with E-state index in [1.54, 1.807) is 6.07 Å². The van der Waals surface area contributed by atoms with E-state index in [0.29, 0.717) is 0 Å². The maximum Gasteiger partial charge on any atom is 0.139 e. The van der Waals surface area contributed by atoms with Gasteiger partial charge in [0.15, 0.2) is 0 Å². The molecule has 0 aliphatic rings. The van der Waals surface area contributed by atoms with Gasteiger partial charge in [-0.2, -0.15) is 0 Å². The normalized spacial score (nSPS) is 10.3. The van der Waals surface area contributed by atoms with Crippen molar-refractivity contribution in [3.05, 3.63) is 59.9 Å². The fourth-order valence-electron chi connectivity index (χ4n) is 1.33. The largest absolute Gasteiger partial charge is 0.207 e. The van der Waals surface area contributed by atoms with Crippen molar-refractivity contribution in [2.75, 3.05) is 0 Å². The predicted molar refractivity (Wildman–Crippen MR) is 50.6 cm³/mol. The van der Waals surface area contributed by atoms with Gasteiger partial charge in [0.1, 0.15) is 17.5 Å². The van der Waals surface area contributed by atoms with E-state index in [0.717, 1.165) is 12.1 Å². The highest BCUT2D eigenvalue weighted by molar-refractivity contribution is 5.64. The minimum absolute atomic E-state index is 0.0331. The Kier molecular flexibility index (Phi) is 2.46. The molecule has 0 nitrogen and oxygen atoms in total. The molecule has 0 aliphatic heterocycles. The van der Waals surface area contributed by atoms with Crippen LogP contribution >= 0.6 is 0 Å². The van der Waals surface area contributed by atoms with Gasteiger partial charge in [-0.05, 0) is 12.1 Å². The topological polar surface area (TPSA) is 0 Å². The van der Waals surface area contributed by atoms with Crippen molar-refractivity contribution in [1.82, 2.24) is 0 Å². The smallest absolute Gasteiger partial charge is 0.139 e. The van der Waals surface area contributed by atoms with Crippen LogP contribution in [0, 0.1) is 23.5 Å². The third-order valence-corrected chi connectivity index (χ3v) is 2.03. The van der Waals surface area contributed by atoms with Gasteiger partial charge in [-0.25, -0.2) is 13.2 Å². The molecule has 0 atom stereocenters. The fraction of sp³-hybridized carbons (Fsp3) is 0. The van der Waals surface area contributed by atoms with Crippen LogP contribution in [0.4, 0.5) is 13.2 Å². The van der Waals surface area contributed by atoms with Crippen molar-refractivity contribution in [3.8, 4) is 11.1 Å². The van der Waals surface area contributed by atoms with Crippen molar-refractivity contribution < 1.29 is 13.2 Å². The lowest BCUT2D eigenvalue weighted by Gasteiger charge is -2.04. The summed E-state index contributed by atoms with van der Waals surface area (Å²) in [6, 6.07) is 9.68. The molecule has 0 saturated carbocycles. The zero-order valence-electron chi connectivity index (χ0n) is 7.60.